The van der Waals surface area contributed by atoms with Crippen molar-refractivity contribution >= 4 is 5.91 Å². The van der Waals surface area contributed by atoms with Gasteiger partial charge in [0.25, 0.3) is 0 Å². The van der Waals surface area contributed by atoms with Crippen molar-refractivity contribution < 1.29 is 24.5 Å². The predicted octanol–water partition coefficient (Wildman–Crippen LogP) is -2.23. The highest BCUT2D eigenvalue weighted by Gasteiger charge is 2.30. The molecule has 4 N–H and O–H groups in total. The first-order valence-corrected chi connectivity index (χ1v) is 6.08. The summed E-state index contributed by atoms with van der Waals surface area (Å²) >= 11 is 0. The first kappa shape index (κ1) is 15.1. The van der Waals surface area contributed by atoms with Gasteiger partial charge in [-0.1, -0.05) is 0 Å². The summed E-state index contributed by atoms with van der Waals surface area (Å²) in [5.74, 6) is 0.0539. The van der Waals surface area contributed by atoms with Gasteiger partial charge >= 0.3 is 0 Å². The smallest absolute Gasteiger partial charge is 0.244 e. The van der Waals surface area contributed by atoms with E-state index < -0.39 is 31.3 Å². The maximum atomic E-state index is 11.8. The second-order valence-electron chi connectivity index (χ2n) is 4.42. The molecule has 2 aromatic heterocycles. The topological polar surface area (TPSA) is 147 Å². The van der Waals surface area contributed by atoms with Crippen molar-refractivity contribution in [1.29, 1.82) is 0 Å². The van der Waals surface area contributed by atoms with E-state index in [2.05, 4.69) is 20.7 Å². The number of rotatable bonds is 7. The molecule has 114 valence electrons. The number of hydrogen-bond donors (Lipinski definition) is 4. The Morgan fingerprint density at radius 1 is 1.33 bits per heavy atom. The molecule has 2 aromatic rings. The number of carbonyl (C=O) groups excluding carboxylic acids is 1. The number of carbonyl (C=O) groups is 1. The van der Waals surface area contributed by atoms with Crippen molar-refractivity contribution in [3.63, 3.8) is 0 Å². The van der Waals surface area contributed by atoms with E-state index >= 15 is 0 Å². The normalized spacial score (nSPS) is 11.6. The van der Waals surface area contributed by atoms with Gasteiger partial charge in [-0.2, -0.15) is 4.80 Å². The van der Waals surface area contributed by atoms with Gasteiger partial charge < -0.3 is 25.1 Å². The van der Waals surface area contributed by atoms with E-state index in [0.29, 0.717) is 5.76 Å². The Morgan fingerprint density at radius 2 is 2.05 bits per heavy atom. The first-order chi connectivity index (χ1) is 10.1. The van der Waals surface area contributed by atoms with Gasteiger partial charge in [0, 0.05) is 0 Å². The molecular weight excluding hydrogens is 282 g/mol. The van der Waals surface area contributed by atoms with Crippen LogP contribution < -0.4 is 5.32 Å². The second-order valence-corrected chi connectivity index (χ2v) is 4.42. The molecule has 0 fully saturated rings. The van der Waals surface area contributed by atoms with Crippen molar-refractivity contribution in [2.75, 3.05) is 19.8 Å². The van der Waals surface area contributed by atoms with Crippen LogP contribution in [-0.4, -0.2) is 66.8 Å². The highest BCUT2D eigenvalue weighted by molar-refractivity contribution is 5.76. The maximum absolute atomic E-state index is 11.8. The molecule has 0 saturated heterocycles. The van der Waals surface area contributed by atoms with Crippen molar-refractivity contribution in [1.82, 2.24) is 25.5 Å². The molecule has 10 nitrogen and oxygen atoms in total. The van der Waals surface area contributed by atoms with E-state index in [1.165, 1.54) is 6.26 Å². The van der Waals surface area contributed by atoms with Crippen LogP contribution in [0.2, 0.25) is 0 Å². The molecule has 21 heavy (non-hydrogen) atoms. The van der Waals surface area contributed by atoms with Crippen molar-refractivity contribution in [3.05, 3.63) is 18.4 Å². The third-order valence-electron chi connectivity index (χ3n) is 2.79. The zero-order chi connectivity index (χ0) is 15.3. The van der Waals surface area contributed by atoms with Crippen LogP contribution in [0.4, 0.5) is 0 Å². The lowest BCUT2D eigenvalue weighted by Crippen LogP contribution is -2.57. The standard InChI is InChI=1S/C11H15N5O5/c17-5-11(6-18,7-19)12-9(20)4-16-14-10(13-15-16)8-2-1-3-21-8/h1-3,17-19H,4-7H2,(H,12,20). The zero-order valence-corrected chi connectivity index (χ0v) is 11.0. The van der Waals surface area contributed by atoms with E-state index in [9.17, 15) is 4.79 Å². The maximum Gasteiger partial charge on any atom is 0.244 e. The van der Waals surface area contributed by atoms with E-state index in [0.717, 1.165) is 4.80 Å². The fraction of sp³-hybridized carbons (Fsp3) is 0.455. The Bertz CT molecular complexity index is 569. The number of hydrogen-bond acceptors (Lipinski definition) is 8. The van der Waals surface area contributed by atoms with Gasteiger partial charge in [0.1, 0.15) is 12.1 Å². The molecule has 0 aliphatic heterocycles. The molecule has 2 heterocycles. The summed E-state index contributed by atoms with van der Waals surface area (Å²) in [6.45, 7) is -2.09. The van der Waals surface area contributed by atoms with Gasteiger partial charge in [-0.25, -0.2) is 0 Å². The minimum absolute atomic E-state index is 0.227. The summed E-state index contributed by atoms with van der Waals surface area (Å²) < 4.78 is 5.09. The minimum atomic E-state index is -1.48. The average molecular weight is 297 g/mol. The number of nitrogens with zero attached hydrogens (tertiary/aromatic N) is 4. The first-order valence-electron chi connectivity index (χ1n) is 6.08. The summed E-state index contributed by atoms with van der Waals surface area (Å²) in [6, 6.07) is 3.32. The van der Waals surface area contributed by atoms with Crippen LogP contribution in [0.15, 0.2) is 22.8 Å². The molecule has 0 spiro atoms. The molecule has 0 unspecified atom stereocenters. The van der Waals surface area contributed by atoms with Gasteiger partial charge in [-0.05, 0) is 17.3 Å². The van der Waals surface area contributed by atoms with Crippen LogP contribution in [0, 0.1) is 0 Å². The number of amides is 1. The largest absolute Gasteiger partial charge is 0.461 e. The molecule has 0 saturated carbocycles. The molecule has 0 radical (unpaired) electrons. The Balaban J connectivity index is 2.00. The van der Waals surface area contributed by atoms with Crippen LogP contribution in [0.1, 0.15) is 0 Å². The van der Waals surface area contributed by atoms with Gasteiger partial charge in [0.15, 0.2) is 5.76 Å². The molecule has 10 heteroatoms. The SMILES string of the molecule is O=C(Cn1nnc(-c2ccco2)n1)NC(CO)(CO)CO. The van der Waals surface area contributed by atoms with Crippen LogP contribution in [0.5, 0.6) is 0 Å². The number of aliphatic hydroxyl groups excluding tert-OH is 3. The van der Waals surface area contributed by atoms with Gasteiger partial charge in [-0.15, -0.1) is 10.2 Å². The molecule has 1 amide bonds. The van der Waals surface area contributed by atoms with E-state index in [4.69, 9.17) is 19.7 Å². The third-order valence-corrected chi connectivity index (χ3v) is 2.79. The summed E-state index contributed by atoms with van der Waals surface area (Å²) in [5, 5.41) is 41.1. The summed E-state index contributed by atoms with van der Waals surface area (Å²) in [6.07, 6.45) is 1.46. The number of tetrazole rings is 1. The number of furan rings is 1. The summed E-state index contributed by atoms with van der Waals surface area (Å²) in [5.41, 5.74) is -1.48. The lowest BCUT2D eigenvalue weighted by molar-refractivity contribution is -0.126. The molecule has 0 aliphatic rings. The molecule has 2 rings (SSSR count). The molecule has 0 atom stereocenters. The monoisotopic (exact) mass is 297 g/mol. The molecular formula is C11H15N5O5. The Hall–Kier alpha value is -2.30. The van der Waals surface area contributed by atoms with E-state index in [1.807, 2.05) is 0 Å². The van der Waals surface area contributed by atoms with Crippen molar-refractivity contribution in [2.45, 2.75) is 12.1 Å². The summed E-state index contributed by atoms with van der Waals surface area (Å²) in [7, 11) is 0. The number of aromatic nitrogens is 4. The highest BCUT2D eigenvalue weighted by Crippen LogP contribution is 2.12. The second kappa shape index (κ2) is 6.43. The quantitative estimate of drug-likeness (QED) is 0.449. The Labute approximate surface area is 119 Å². The van der Waals surface area contributed by atoms with Crippen molar-refractivity contribution in [3.8, 4) is 11.6 Å². The zero-order valence-electron chi connectivity index (χ0n) is 11.0. The van der Waals surface area contributed by atoms with E-state index in [-0.39, 0.29) is 12.4 Å². The number of aliphatic hydroxyl groups is 3. The summed E-state index contributed by atoms with van der Waals surface area (Å²) in [4.78, 5) is 12.8. The lowest BCUT2D eigenvalue weighted by Gasteiger charge is -2.28. The fourth-order valence-electron chi connectivity index (χ4n) is 1.55. The fourth-order valence-corrected chi connectivity index (χ4v) is 1.55. The van der Waals surface area contributed by atoms with Crippen LogP contribution in [0.3, 0.4) is 0 Å². The van der Waals surface area contributed by atoms with Gasteiger partial charge in [0.2, 0.25) is 11.7 Å². The molecule has 0 bridgehead atoms. The lowest BCUT2D eigenvalue weighted by atomic mass is 10.0. The molecule has 0 aromatic carbocycles. The van der Waals surface area contributed by atoms with Crippen LogP contribution in [-0.2, 0) is 11.3 Å². The molecule has 0 aliphatic carbocycles. The third kappa shape index (κ3) is 3.42. The van der Waals surface area contributed by atoms with Crippen LogP contribution in [0.25, 0.3) is 11.6 Å². The number of nitrogens with one attached hydrogen (secondary N) is 1. The van der Waals surface area contributed by atoms with Crippen molar-refractivity contribution in [2.24, 2.45) is 0 Å². The van der Waals surface area contributed by atoms with Gasteiger partial charge in [-0.3, -0.25) is 4.79 Å². The Morgan fingerprint density at radius 3 is 2.62 bits per heavy atom. The minimum Gasteiger partial charge on any atom is -0.461 e. The van der Waals surface area contributed by atoms with Crippen LogP contribution >= 0.6 is 0 Å². The predicted molar refractivity (Wildman–Crippen MR) is 67.7 cm³/mol. The van der Waals surface area contributed by atoms with Gasteiger partial charge in [0.05, 0.1) is 26.1 Å². The van der Waals surface area contributed by atoms with E-state index in [1.54, 1.807) is 12.1 Å². The average Bonchev–Trinajstić information content (AvgIpc) is 3.15. The Kier molecular flexibility index (Phi) is 4.62. The highest BCUT2D eigenvalue weighted by atomic mass is 16.3.